The van der Waals surface area contributed by atoms with Crippen LogP contribution in [0.15, 0.2) is 18.2 Å². The molecule has 0 unspecified atom stereocenters. The number of carbonyl (C=O) groups excluding carboxylic acids is 2. The number of carbonyl (C=O) groups is 2. The summed E-state index contributed by atoms with van der Waals surface area (Å²) in [5, 5.41) is 5.04. The van der Waals surface area contributed by atoms with Gasteiger partial charge in [-0.3, -0.25) is 10.1 Å². The lowest BCUT2D eigenvalue weighted by molar-refractivity contribution is -0.111. The Hall–Kier alpha value is -2.68. The van der Waals surface area contributed by atoms with Gasteiger partial charge in [-0.25, -0.2) is 4.79 Å². The largest absolute Gasteiger partial charge is 0.495 e. The molecule has 2 N–H and O–H groups in total. The van der Waals surface area contributed by atoms with Gasteiger partial charge in [0.1, 0.15) is 11.4 Å². The van der Waals surface area contributed by atoms with E-state index in [0.29, 0.717) is 17.1 Å². The molecule has 6 nitrogen and oxygen atoms in total. The molecule has 0 fully saturated rings. The lowest BCUT2D eigenvalue weighted by Gasteiger charge is -2.20. The fourth-order valence-electron chi connectivity index (χ4n) is 1.46. The van der Waals surface area contributed by atoms with Crippen LogP contribution in [0.1, 0.15) is 20.8 Å². The normalized spacial score (nSPS) is 10.2. The number of anilines is 2. The Bertz CT molecular complexity index is 582. The molecule has 112 valence electrons. The molecule has 0 spiro atoms. The Kier molecular flexibility index (Phi) is 5.19. The number of methoxy groups -OCH3 is 1. The van der Waals surface area contributed by atoms with Crippen LogP contribution in [-0.4, -0.2) is 24.7 Å². The third kappa shape index (κ3) is 5.45. The van der Waals surface area contributed by atoms with E-state index in [4.69, 9.17) is 15.9 Å². The van der Waals surface area contributed by atoms with Crippen LogP contribution < -0.4 is 15.4 Å². The zero-order chi connectivity index (χ0) is 16.0. The monoisotopic (exact) mass is 290 g/mol. The summed E-state index contributed by atoms with van der Waals surface area (Å²) in [5.41, 5.74) is 0.179. The molecule has 1 aromatic carbocycles. The maximum Gasteiger partial charge on any atom is 0.412 e. The second-order valence-electron chi connectivity index (χ2n) is 5.14. The molecule has 2 amide bonds. The minimum Gasteiger partial charge on any atom is -0.495 e. The van der Waals surface area contributed by atoms with Crippen molar-refractivity contribution >= 4 is 23.4 Å². The zero-order valence-corrected chi connectivity index (χ0v) is 12.4. The number of terminal acetylenes is 1. The minimum absolute atomic E-state index is 0.363. The molecular formula is C15H18N2O4. The molecule has 1 aromatic rings. The first-order valence-corrected chi connectivity index (χ1v) is 6.21. The van der Waals surface area contributed by atoms with Crippen LogP contribution >= 0.6 is 0 Å². The Morgan fingerprint density at radius 1 is 1.24 bits per heavy atom. The Balaban J connectivity index is 2.93. The predicted octanol–water partition coefficient (Wildman–Crippen LogP) is 2.61. The second kappa shape index (κ2) is 6.66. The quantitative estimate of drug-likeness (QED) is 0.839. The van der Waals surface area contributed by atoms with Crippen LogP contribution in [0.5, 0.6) is 5.75 Å². The van der Waals surface area contributed by atoms with Gasteiger partial charge in [0.15, 0.2) is 0 Å². The third-order valence-corrected chi connectivity index (χ3v) is 2.22. The van der Waals surface area contributed by atoms with Gasteiger partial charge in [-0.1, -0.05) is 0 Å². The number of amides is 2. The molecule has 0 atom stereocenters. The molecule has 0 aliphatic carbocycles. The van der Waals surface area contributed by atoms with Gasteiger partial charge in [-0.2, -0.15) is 0 Å². The molecular weight excluding hydrogens is 272 g/mol. The third-order valence-electron chi connectivity index (χ3n) is 2.22. The number of nitrogens with one attached hydrogen (secondary N) is 2. The average Bonchev–Trinajstić information content (AvgIpc) is 2.36. The number of rotatable bonds is 3. The SMILES string of the molecule is C#CC(=O)Nc1ccc(OC)c(NC(=O)OC(C)(C)C)c1. The van der Waals surface area contributed by atoms with E-state index in [1.165, 1.54) is 13.2 Å². The van der Waals surface area contributed by atoms with Gasteiger partial charge in [0, 0.05) is 5.69 Å². The summed E-state index contributed by atoms with van der Waals surface area (Å²) >= 11 is 0. The molecule has 6 heteroatoms. The highest BCUT2D eigenvalue weighted by Gasteiger charge is 2.17. The van der Waals surface area contributed by atoms with Gasteiger partial charge >= 0.3 is 6.09 Å². The van der Waals surface area contributed by atoms with E-state index in [1.807, 2.05) is 5.92 Å². The van der Waals surface area contributed by atoms with Crippen molar-refractivity contribution in [3.05, 3.63) is 18.2 Å². The van der Waals surface area contributed by atoms with E-state index >= 15 is 0 Å². The van der Waals surface area contributed by atoms with E-state index < -0.39 is 17.6 Å². The molecule has 0 saturated heterocycles. The number of hydrogen-bond acceptors (Lipinski definition) is 4. The molecule has 0 bridgehead atoms. The van der Waals surface area contributed by atoms with Crippen LogP contribution in [0.25, 0.3) is 0 Å². The zero-order valence-electron chi connectivity index (χ0n) is 12.4. The Labute approximate surface area is 123 Å². The van der Waals surface area contributed by atoms with E-state index in [-0.39, 0.29) is 0 Å². The average molecular weight is 290 g/mol. The molecule has 0 radical (unpaired) electrons. The van der Waals surface area contributed by atoms with Gasteiger partial charge in [0.25, 0.3) is 5.91 Å². The first-order valence-electron chi connectivity index (χ1n) is 6.21. The van der Waals surface area contributed by atoms with Gasteiger partial charge in [-0.05, 0) is 44.9 Å². The highest BCUT2D eigenvalue weighted by Crippen LogP contribution is 2.28. The summed E-state index contributed by atoms with van der Waals surface area (Å²) in [7, 11) is 1.47. The van der Waals surface area contributed by atoms with Crippen LogP contribution in [0.2, 0.25) is 0 Å². The summed E-state index contributed by atoms with van der Waals surface area (Å²) in [6, 6.07) is 4.73. The Morgan fingerprint density at radius 2 is 1.90 bits per heavy atom. The highest BCUT2D eigenvalue weighted by atomic mass is 16.6. The molecule has 0 saturated carbocycles. The molecule has 0 aliphatic heterocycles. The van der Waals surface area contributed by atoms with Crippen molar-refractivity contribution < 1.29 is 19.1 Å². The summed E-state index contributed by atoms with van der Waals surface area (Å²) in [6.45, 7) is 5.27. The molecule has 0 heterocycles. The molecule has 0 aliphatic rings. The maximum atomic E-state index is 11.8. The molecule has 0 aromatic heterocycles. The van der Waals surface area contributed by atoms with Gasteiger partial charge < -0.3 is 14.8 Å². The van der Waals surface area contributed by atoms with Crippen molar-refractivity contribution in [2.45, 2.75) is 26.4 Å². The fourth-order valence-corrected chi connectivity index (χ4v) is 1.46. The topological polar surface area (TPSA) is 76.7 Å². The predicted molar refractivity (Wildman–Crippen MR) is 80.3 cm³/mol. The summed E-state index contributed by atoms with van der Waals surface area (Å²) in [6.07, 6.45) is 4.36. The van der Waals surface area contributed by atoms with Crippen molar-refractivity contribution in [2.24, 2.45) is 0 Å². The number of hydrogen-bond donors (Lipinski definition) is 2. The van der Waals surface area contributed by atoms with Crippen molar-refractivity contribution in [1.82, 2.24) is 0 Å². The lowest BCUT2D eigenvalue weighted by Crippen LogP contribution is -2.27. The minimum atomic E-state index is -0.624. The number of ether oxygens (including phenoxy) is 2. The smallest absolute Gasteiger partial charge is 0.412 e. The van der Waals surface area contributed by atoms with Crippen LogP contribution in [0.3, 0.4) is 0 Å². The van der Waals surface area contributed by atoms with Crippen LogP contribution in [-0.2, 0) is 9.53 Å². The summed E-state index contributed by atoms with van der Waals surface area (Å²) < 4.78 is 10.3. The highest BCUT2D eigenvalue weighted by molar-refractivity contribution is 6.04. The van der Waals surface area contributed by atoms with E-state index in [1.54, 1.807) is 32.9 Å². The van der Waals surface area contributed by atoms with E-state index in [9.17, 15) is 9.59 Å². The van der Waals surface area contributed by atoms with Crippen molar-refractivity contribution in [1.29, 1.82) is 0 Å². The van der Waals surface area contributed by atoms with E-state index in [2.05, 4.69) is 10.6 Å². The molecule has 21 heavy (non-hydrogen) atoms. The maximum absolute atomic E-state index is 11.8. The van der Waals surface area contributed by atoms with Gasteiger partial charge in [-0.15, -0.1) is 6.42 Å². The second-order valence-corrected chi connectivity index (χ2v) is 5.14. The van der Waals surface area contributed by atoms with Crippen LogP contribution in [0, 0.1) is 12.3 Å². The van der Waals surface area contributed by atoms with Crippen LogP contribution in [0.4, 0.5) is 16.2 Å². The first kappa shape index (κ1) is 16.4. The van der Waals surface area contributed by atoms with E-state index in [0.717, 1.165) is 0 Å². The number of benzene rings is 1. The van der Waals surface area contributed by atoms with Gasteiger partial charge in [0.2, 0.25) is 0 Å². The molecule has 1 rings (SSSR count). The fraction of sp³-hybridized carbons (Fsp3) is 0.333. The summed E-state index contributed by atoms with van der Waals surface area (Å²) in [5.74, 6) is 1.79. The Morgan fingerprint density at radius 3 is 2.43 bits per heavy atom. The standard InChI is InChI=1S/C15H18N2O4/c1-6-13(18)16-10-7-8-12(20-5)11(9-10)17-14(19)21-15(2,3)4/h1,7-9H,2-5H3,(H,16,18)(H,17,19). The lowest BCUT2D eigenvalue weighted by atomic mass is 10.2. The van der Waals surface area contributed by atoms with Gasteiger partial charge in [0.05, 0.1) is 12.8 Å². The summed E-state index contributed by atoms with van der Waals surface area (Å²) in [4.78, 5) is 22.9. The van der Waals surface area contributed by atoms with Crippen molar-refractivity contribution in [3.8, 4) is 18.1 Å². The first-order chi connectivity index (χ1) is 9.75. The van der Waals surface area contributed by atoms with Crippen molar-refractivity contribution in [2.75, 3.05) is 17.7 Å². The van der Waals surface area contributed by atoms with Crippen molar-refractivity contribution in [3.63, 3.8) is 0 Å².